The van der Waals surface area contributed by atoms with Crippen molar-refractivity contribution < 1.29 is 4.79 Å². The van der Waals surface area contributed by atoms with Crippen molar-refractivity contribution in [2.45, 2.75) is 0 Å². The molecular weight excluding hydrogens is 272 g/mol. The molecule has 0 unspecified atom stereocenters. The fraction of sp³-hybridized carbons (Fsp3) is 0.0714. The first kappa shape index (κ1) is 12.6. The predicted molar refractivity (Wildman–Crippen MR) is 80.5 cm³/mol. The highest BCUT2D eigenvalue weighted by Gasteiger charge is 2.05. The summed E-state index contributed by atoms with van der Waals surface area (Å²) in [5.41, 5.74) is 1.76. The Labute approximate surface area is 119 Å². The Kier molecular flexibility index (Phi) is 3.30. The van der Waals surface area contributed by atoms with Gasteiger partial charge in [-0.15, -0.1) is 0 Å². The van der Waals surface area contributed by atoms with Crippen LogP contribution in [0.4, 0.5) is 5.13 Å². The van der Waals surface area contributed by atoms with Gasteiger partial charge in [0.05, 0.1) is 15.9 Å². The lowest BCUT2D eigenvalue weighted by Gasteiger charge is -1.96. The second kappa shape index (κ2) is 5.26. The van der Waals surface area contributed by atoms with Crippen molar-refractivity contribution in [3.05, 3.63) is 48.3 Å². The van der Waals surface area contributed by atoms with Gasteiger partial charge in [0, 0.05) is 19.3 Å². The van der Waals surface area contributed by atoms with Crippen molar-refractivity contribution in [2.75, 3.05) is 5.32 Å². The van der Waals surface area contributed by atoms with E-state index in [0.29, 0.717) is 5.13 Å². The van der Waals surface area contributed by atoms with Crippen molar-refractivity contribution in [3.63, 3.8) is 0 Å². The van der Waals surface area contributed by atoms with Crippen molar-refractivity contribution in [3.8, 4) is 0 Å². The maximum atomic E-state index is 11.8. The smallest absolute Gasteiger partial charge is 0.250 e. The van der Waals surface area contributed by atoms with Gasteiger partial charge in [-0.3, -0.25) is 14.8 Å². The van der Waals surface area contributed by atoms with E-state index in [-0.39, 0.29) is 5.91 Å². The molecule has 0 atom stereocenters. The highest BCUT2D eigenvalue weighted by atomic mass is 32.1. The quantitative estimate of drug-likeness (QED) is 0.752. The van der Waals surface area contributed by atoms with E-state index in [9.17, 15) is 4.79 Å². The molecule has 0 radical (unpaired) electrons. The second-order valence-corrected chi connectivity index (χ2v) is 5.22. The standard InChI is InChI=1S/C14H12N4OS/c1-18-10(8-9-15-18)6-7-13(19)17-14-16-11-4-2-3-5-12(11)20-14/h2-9H,1H3,(H,16,17,19). The van der Waals surface area contributed by atoms with E-state index in [1.807, 2.05) is 37.4 Å². The number of anilines is 1. The van der Waals surface area contributed by atoms with Crippen LogP contribution in [0.2, 0.25) is 0 Å². The Morgan fingerprint density at radius 2 is 2.20 bits per heavy atom. The molecule has 0 aliphatic rings. The lowest BCUT2D eigenvalue weighted by atomic mass is 10.3. The summed E-state index contributed by atoms with van der Waals surface area (Å²) in [7, 11) is 1.82. The molecule has 1 N–H and O–H groups in total. The summed E-state index contributed by atoms with van der Waals surface area (Å²) in [5, 5.41) is 7.40. The van der Waals surface area contributed by atoms with Crippen LogP contribution in [0.5, 0.6) is 0 Å². The number of thiazole rings is 1. The third-order valence-corrected chi connectivity index (χ3v) is 3.74. The topological polar surface area (TPSA) is 59.8 Å². The average molecular weight is 284 g/mol. The van der Waals surface area contributed by atoms with E-state index in [2.05, 4.69) is 15.4 Å². The van der Waals surface area contributed by atoms with E-state index in [1.54, 1.807) is 17.0 Å². The third kappa shape index (κ3) is 2.60. The van der Waals surface area contributed by atoms with Gasteiger partial charge in [0.25, 0.3) is 0 Å². The fourth-order valence-corrected chi connectivity index (χ4v) is 2.65. The summed E-state index contributed by atoms with van der Waals surface area (Å²) < 4.78 is 2.75. The number of rotatable bonds is 3. The molecule has 1 aromatic carbocycles. The van der Waals surface area contributed by atoms with E-state index >= 15 is 0 Å². The minimum Gasteiger partial charge on any atom is -0.298 e. The van der Waals surface area contributed by atoms with Gasteiger partial charge >= 0.3 is 0 Å². The van der Waals surface area contributed by atoms with Crippen LogP contribution in [-0.2, 0) is 11.8 Å². The molecule has 100 valence electrons. The average Bonchev–Trinajstić information content (AvgIpc) is 3.01. The first-order valence-electron chi connectivity index (χ1n) is 6.05. The summed E-state index contributed by atoms with van der Waals surface area (Å²) in [4.78, 5) is 16.2. The minimum atomic E-state index is -0.203. The maximum absolute atomic E-state index is 11.8. The number of para-hydroxylation sites is 1. The molecule has 6 heteroatoms. The van der Waals surface area contributed by atoms with Crippen molar-refractivity contribution in [1.82, 2.24) is 14.8 Å². The molecule has 0 saturated heterocycles. The summed E-state index contributed by atoms with van der Waals surface area (Å²) in [6.07, 6.45) is 4.88. The summed E-state index contributed by atoms with van der Waals surface area (Å²) in [6.45, 7) is 0. The molecule has 3 rings (SSSR count). The number of carbonyl (C=O) groups excluding carboxylic acids is 1. The normalized spacial score (nSPS) is 11.2. The van der Waals surface area contributed by atoms with Crippen LogP contribution in [0.15, 0.2) is 42.6 Å². The second-order valence-electron chi connectivity index (χ2n) is 4.19. The monoisotopic (exact) mass is 284 g/mol. The molecule has 20 heavy (non-hydrogen) atoms. The number of hydrogen-bond donors (Lipinski definition) is 1. The highest BCUT2D eigenvalue weighted by Crippen LogP contribution is 2.25. The van der Waals surface area contributed by atoms with Crippen molar-refractivity contribution >= 4 is 38.7 Å². The molecule has 0 spiro atoms. The largest absolute Gasteiger partial charge is 0.298 e. The molecule has 0 aliphatic heterocycles. The molecule has 0 saturated carbocycles. The van der Waals surface area contributed by atoms with E-state index in [0.717, 1.165) is 15.9 Å². The number of carbonyl (C=O) groups is 1. The zero-order valence-corrected chi connectivity index (χ0v) is 11.6. The van der Waals surface area contributed by atoms with Gasteiger partial charge in [-0.2, -0.15) is 5.10 Å². The minimum absolute atomic E-state index is 0.203. The molecule has 3 aromatic rings. The Hall–Kier alpha value is -2.47. The van der Waals surface area contributed by atoms with Crippen molar-refractivity contribution in [1.29, 1.82) is 0 Å². The van der Waals surface area contributed by atoms with Crippen LogP contribution in [0.25, 0.3) is 16.3 Å². The Morgan fingerprint density at radius 1 is 1.35 bits per heavy atom. The van der Waals surface area contributed by atoms with Crippen molar-refractivity contribution in [2.24, 2.45) is 7.05 Å². The van der Waals surface area contributed by atoms with Gasteiger partial charge in [0.1, 0.15) is 0 Å². The Balaban J connectivity index is 1.72. The molecule has 0 aliphatic carbocycles. The molecule has 0 bridgehead atoms. The first-order valence-corrected chi connectivity index (χ1v) is 6.87. The number of amides is 1. The first-order chi connectivity index (χ1) is 9.72. The third-order valence-electron chi connectivity index (χ3n) is 2.79. The molecule has 0 fully saturated rings. The molecule has 5 nitrogen and oxygen atoms in total. The van der Waals surface area contributed by atoms with Crippen LogP contribution in [-0.4, -0.2) is 20.7 Å². The van der Waals surface area contributed by atoms with Gasteiger partial charge in [-0.25, -0.2) is 4.98 Å². The van der Waals surface area contributed by atoms with Crippen LogP contribution in [0.3, 0.4) is 0 Å². The van der Waals surface area contributed by atoms with E-state index in [4.69, 9.17) is 0 Å². The molecule has 2 aromatic heterocycles. The van der Waals surface area contributed by atoms with Gasteiger partial charge < -0.3 is 0 Å². The SMILES string of the molecule is Cn1nccc1C=CC(=O)Nc1nc2ccccc2s1. The summed E-state index contributed by atoms with van der Waals surface area (Å²) >= 11 is 1.46. The summed E-state index contributed by atoms with van der Waals surface area (Å²) in [5.74, 6) is -0.203. The number of benzene rings is 1. The lowest BCUT2D eigenvalue weighted by molar-refractivity contribution is -0.111. The van der Waals surface area contributed by atoms with Crippen LogP contribution in [0.1, 0.15) is 5.69 Å². The van der Waals surface area contributed by atoms with E-state index < -0.39 is 0 Å². The molecule has 1 amide bonds. The van der Waals surface area contributed by atoms with Gasteiger partial charge in [0.2, 0.25) is 5.91 Å². The zero-order valence-electron chi connectivity index (χ0n) is 10.8. The predicted octanol–water partition coefficient (Wildman–Crippen LogP) is 2.68. The van der Waals surface area contributed by atoms with Gasteiger partial charge in [-0.05, 0) is 24.3 Å². The lowest BCUT2D eigenvalue weighted by Crippen LogP contribution is -2.07. The number of aryl methyl sites for hydroxylation is 1. The Bertz CT molecular complexity index is 754. The van der Waals surface area contributed by atoms with Crippen LogP contribution >= 0.6 is 11.3 Å². The number of aromatic nitrogens is 3. The highest BCUT2D eigenvalue weighted by molar-refractivity contribution is 7.22. The number of fused-ring (bicyclic) bond motifs is 1. The zero-order chi connectivity index (χ0) is 13.9. The number of nitrogens with one attached hydrogen (secondary N) is 1. The summed E-state index contributed by atoms with van der Waals surface area (Å²) in [6, 6.07) is 9.62. The van der Waals surface area contributed by atoms with Gasteiger partial charge in [0.15, 0.2) is 5.13 Å². The number of nitrogens with zero attached hydrogens (tertiary/aromatic N) is 3. The maximum Gasteiger partial charge on any atom is 0.250 e. The van der Waals surface area contributed by atoms with E-state index in [1.165, 1.54) is 17.4 Å². The Morgan fingerprint density at radius 3 is 2.95 bits per heavy atom. The van der Waals surface area contributed by atoms with Crippen LogP contribution < -0.4 is 5.32 Å². The molecule has 2 heterocycles. The molecular formula is C14H12N4OS. The fourth-order valence-electron chi connectivity index (χ4n) is 1.78. The number of hydrogen-bond acceptors (Lipinski definition) is 4. The van der Waals surface area contributed by atoms with Gasteiger partial charge in [-0.1, -0.05) is 23.5 Å². The van der Waals surface area contributed by atoms with Crippen LogP contribution in [0, 0.1) is 0 Å².